The van der Waals surface area contributed by atoms with Crippen LogP contribution >= 0.6 is 13.0 Å². The first-order valence-electron chi connectivity index (χ1n) is 7.98. The summed E-state index contributed by atoms with van der Waals surface area (Å²) in [4.78, 5) is 0. The van der Waals surface area contributed by atoms with Crippen molar-refractivity contribution in [1.29, 1.82) is 0 Å². The van der Waals surface area contributed by atoms with Crippen molar-refractivity contribution < 1.29 is 25.9 Å². The van der Waals surface area contributed by atoms with Crippen molar-refractivity contribution in [3.8, 4) is 22.5 Å². The summed E-state index contributed by atoms with van der Waals surface area (Å²) in [5, 5.41) is 0. The fourth-order valence-corrected chi connectivity index (χ4v) is 6.71. The summed E-state index contributed by atoms with van der Waals surface area (Å²) in [6, 6.07) is 13.1. The Labute approximate surface area is 160 Å². The average Bonchev–Trinajstić information content (AvgIpc) is 2.96. The fourth-order valence-electron chi connectivity index (χ4n) is 2.98. The van der Waals surface area contributed by atoms with Crippen LogP contribution in [0.4, 0.5) is 8.78 Å². The number of aromatic nitrogens is 2. The normalized spacial score (nSPS) is 11.2. The molecule has 2 aromatic carbocycles. The van der Waals surface area contributed by atoms with Gasteiger partial charge in [-0.15, -0.1) is 0 Å². The molecule has 0 fully saturated rings. The SMILES string of the molecule is CCn1c(-c2ccc(F)cc2)c(-c2ccc(F)cc2)n(CC)[c]1=[Au-2][Br]. The average molecular weight is 589 g/mol. The molecule has 0 radical (unpaired) electrons. The number of nitrogens with zero attached hydrogens (tertiary/aromatic N) is 2. The molecule has 3 rings (SSSR count). The van der Waals surface area contributed by atoms with Gasteiger partial charge in [0.15, 0.2) is 0 Å². The first-order valence-corrected chi connectivity index (χ1v) is 13.8. The van der Waals surface area contributed by atoms with Crippen LogP contribution in [0, 0.1) is 15.3 Å². The van der Waals surface area contributed by atoms with Gasteiger partial charge in [0.1, 0.15) is 0 Å². The zero-order valence-electron chi connectivity index (χ0n) is 13.9. The molecule has 0 atom stereocenters. The van der Waals surface area contributed by atoms with E-state index in [1.54, 1.807) is 24.3 Å². The predicted octanol–water partition coefficient (Wildman–Crippen LogP) is 5.87. The Morgan fingerprint density at radius 3 is 1.40 bits per heavy atom. The molecule has 0 bridgehead atoms. The third-order valence-electron chi connectivity index (χ3n) is 4.09. The molecule has 0 unspecified atom stereocenters. The minimum absolute atomic E-state index is 0.227. The summed E-state index contributed by atoms with van der Waals surface area (Å²) in [6.45, 7) is 5.83. The Kier molecular flexibility index (Phi) is 5.89. The third kappa shape index (κ3) is 3.51. The third-order valence-corrected chi connectivity index (χ3v) is 7.37. The summed E-state index contributed by atoms with van der Waals surface area (Å²) < 4.78 is 32.6. The molecule has 0 saturated carbocycles. The number of imidazole rings is 1. The second kappa shape index (κ2) is 7.96. The molecule has 0 spiro atoms. The van der Waals surface area contributed by atoms with E-state index in [9.17, 15) is 8.78 Å². The van der Waals surface area contributed by atoms with Crippen LogP contribution in [0.5, 0.6) is 0 Å². The van der Waals surface area contributed by atoms with Crippen LogP contribution in [-0.2, 0) is 30.2 Å². The maximum atomic E-state index is 13.4. The fraction of sp³-hybridized carbons (Fsp3) is 0.211. The van der Waals surface area contributed by atoms with E-state index in [2.05, 4.69) is 36.0 Å². The van der Waals surface area contributed by atoms with Crippen molar-refractivity contribution in [3.05, 3.63) is 63.8 Å². The van der Waals surface area contributed by atoms with E-state index in [0.717, 1.165) is 35.6 Å². The summed E-state index contributed by atoms with van der Waals surface area (Å²) in [6.07, 6.45) is 0. The van der Waals surface area contributed by atoms with Gasteiger partial charge in [-0.1, -0.05) is 0 Å². The maximum absolute atomic E-state index is 13.4. The number of rotatable bonds is 4. The molecule has 0 saturated heterocycles. The molecule has 0 N–H and O–H groups in total. The summed E-state index contributed by atoms with van der Waals surface area (Å²) in [7, 11) is 0. The number of halogens is 3. The molecule has 0 aliphatic heterocycles. The Morgan fingerprint density at radius 2 is 1.12 bits per heavy atom. The molecule has 2 nitrogen and oxygen atoms in total. The van der Waals surface area contributed by atoms with Crippen molar-refractivity contribution in [2.45, 2.75) is 26.9 Å². The Morgan fingerprint density at radius 1 is 0.760 bits per heavy atom. The molecule has 25 heavy (non-hydrogen) atoms. The van der Waals surface area contributed by atoms with E-state index >= 15 is 0 Å². The minimum atomic E-state index is -0.252. The summed E-state index contributed by atoms with van der Waals surface area (Å²) in [5.74, 6) is -0.505. The van der Waals surface area contributed by atoms with Crippen LogP contribution in [0.2, 0.25) is 0 Å². The molecule has 6 heteroatoms. The van der Waals surface area contributed by atoms with Crippen molar-refractivity contribution in [3.63, 3.8) is 0 Å². The molecular formula is C19H18AuBrF2N2-2. The molecular weight excluding hydrogens is 571 g/mol. The molecule has 3 aromatic rings. The van der Waals surface area contributed by atoms with Gasteiger partial charge in [-0.05, 0) is 0 Å². The van der Waals surface area contributed by atoms with Gasteiger partial charge in [0.05, 0.1) is 0 Å². The molecule has 138 valence electrons. The van der Waals surface area contributed by atoms with E-state index in [4.69, 9.17) is 0 Å². The topological polar surface area (TPSA) is 9.86 Å². The first-order chi connectivity index (χ1) is 12.1. The molecule has 0 amide bonds. The van der Waals surface area contributed by atoms with Gasteiger partial charge in [-0.3, -0.25) is 0 Å². The van der Waals surface area contributed by atoms with Crippen LogP contribution in [0.25, 0.3) is 22.5 Å². The number of benzene rings is 2. The standard InChI is InChI=1S/C19H18F2N2.Au.BrH/c1-3-22-13-23(4-2)19(15-7-11-17(21)12-8-15)18(22)14-5-9-16(20)10-6-14;;/h5-12H,3-4H2,1-2H3;;1H/q;-1;/p-1. The Balaban J connectivity index is 2.40. The van der Waals surface area contributed by atoms with Crippen LogP contribution in [0.1, 0.15) is 13.8 Å². The Hall–Kier alpha value is -1.27. The van der Waals surface area contributed by atoms with Gasteiger partial charge >= 0.3 is 161 Å². The van der Waals surface area contributed by atoms with Crippen LogP contribution in [-0.4, -0.2) is 9.13 Å². The van der Waals surface area contributed by atoms with Crippen LogP contribution < -0.4 is 0 Å². The van der Waals surface area contributed by atoms with E-state index in [0.29, 0.717) is 0 Å². The van der Waals surface area contributed by atoms with Gasteiger partial charge in [-0.2, -0.15) is 0 Å². The Bertz CT molecular complexity index is 867. The second-order valence-electron chi connectivity index (χ2n) is 5.49. The van der Waals surface area contributed by atoms with Crippen molar-refractivity contribution in [1.82, 2.24) is 9.13 Å². The van der Waals surface area contributed by atoms with E-state index in [-0.39, 0.29) is 28.8 Å². The number of hydrogen-bond donors (Lipinski definition) is 0. The quantitative estimate of drug-likeness (QED) is 0.338. The van der Waals surface area contributed by atoms with Gasteiger partial charge in [0, 0.05) is 0 Å². The first kappa shape index (κ1) is 18.5. The summed E-state index contributed by atoms with van der Waals surface area (Å²) >= 11 is 3.46. The van der Waals surface area contributed by atoms with E-state index < -0.39 is 0 Å². The second-order valence-corrected chi connectivity index (χ2v) is 8.83. The van der Waals surface area contributed by atoms with Crippen molar-refractivity contribution in [2.75, 3.05) is 0 Å². The van der Waals surface area contributed by atoms with Gasteiger partial charge in [0.2, 0.25) is 0 Å². The summed E-state index contributed by atoms with van der Waals surface area (Å²) in [5.41, 5.74) is 4.00. The van der Waals surface area contributed by atoms with Crippen LogP contribution in [0.15, 0.2) is 48.5 Å². The van der Waals surface area contributed by atoms with Gasteiger partial charge in [-0.25, -0.2) is 0 Å². The van der Waals surface area contributed by atoms with Gasteiger partial charge < -0.3 is 0 Å². The molecule has 1 heterocycles. The van der Waals surface area contributed by atoms with Crippen molar-refractivity contribution >= 4 is 13.0 Å². The van der Waals surface area contributed by atoms with E-state index in [1.807, 2.05) is 0 Å². The monoisotopic (exact) mass is 588 g/mol. The molecule has 0 aliphatic carbocycles. The van der Waals surface area contributed by atoms with Gasteiger partial charge in [0.25, 0.3) is 0 Å². The molecule has 0 aliphatic rings. The molecule has 1 aromatic heterocycles. The zero-order valence-corrected chi connectivity index (χ0v) is 17.6. The van der Waals surface area contributed by atoms with Crippen LogP contribution in [0.3, 0.4) is 0 Å². The van der Waals surface area contributed by atoms with Crippen molar-refractivity contribution in [2.24, 2.45) is 0 Å². The van der Waals surface area contributed by atoms with E-state index in [1.165, 1.54) is 27.9 Å². The number of hydrogen-bond acceptors (Lipinski definition) is 0. The zero-order chi connectivity index (χ0) is 18.0. The predicted molar refractivity (Wildman–Crippen MR) is 96.7 cm³/mol.